The zero-order valence-electron chi connectivity index (χ0n) is 14.0. The number of carbonyl (C=O) groups excluding carboxylic acids is 1. The molecule has 0 aliphatic carbocycles. The first-order valence-corrected chi connectivity index (χ1v) is 9.28. The molecule has 0 spiro atoms. The number of benzene rings is 2. The van der Waals surface area contributed by atoms with E-state index in [2.05, 4.69) is 10.2 Å². The lowest BCUT2D eigenvalue weighted by molar-refractivity contribution is 0.102. The quantitative estimate of drug-likeness (QED) is 0.858. The van der Waals surface area contributed by atoms with Crippen molar-refractivity contribution in [3.8, 4) is 0 Å². The zero-order valence-corrected chi connectivity index (χ0v) is 14.9. The van der Waals surface area contributed by atoms with Crippen LogP contribution in [0.2, 0.25) is 0 Å². The Kier molecular flexibility index (Phi) is 5.43. The number of nitrogens with zero attached hydrogens (tertiary/aromatic N) is 1. The molecule has 1 heterocycles. The number of thioether (sulfide) groups is 1. The normalized spacial score (nSPS) is 14.5. The lowest BCUT2D eigenvalue weighted by Crippen LogP contribution is -2.36. The molecule has 0 aromatic heterocycles. The molecule has 2 aromatic rings. The molecule has 1 N–H and O–H groups in total. The number of amides is 1. The van der Waals surface area contributed by atoms with Gasteiger partial charge >= 0.3 is 0 Å². The van der Waals surface area contributed by atoms with Gasteiger partial charge in [-0.05, 0) is 55.1 Å². The lowest BCUT2D eigenvalue weighted by Gasteiger charge is -2.28. The van der Waals surface area contributed by atoms with Crippen molar-refractivity contribution < 1.29 is 9.53 Å². The van der Waals surface area contributed by atoms with E-state index in [1.165, 1.54) is 0 Å². The van der Waals surface area contributed by atoms with E-state index in [0.717, 1.165) is 53.7 Å². The highest BCUT2D eigenvalue weighted by molar-refractivity contribution is 7.98. The molecule has 0 unspecified atom stereocenters. The van der Waals surface area contributed by atoms with E-state index in [1.807, 2.05) is 55.6 Å². The smallest absolute Gasteiger partial charge is 0.255 e. The number of hydrogen-bond donors (Lipinski definition) is 1. The van der Waals surface area contributed by atoms with E-state index in [-0.39, 0.29) is 5.91 Å². The van der Waals surface area contributed by atoms with Crippen molar-refractivity contribution in [1.29, 1.82) is 0 Å². The van der Waals surface area contributed by atoms with Crippen LogP contribution < -0.4 is 10.2 Å². The first-order valence-electron chi connectivity index (χ1n) is 8.06. The molecule has 2 aromatic carbocycles. The van der Waals surface area contributed by atoms with Gasteiger partial charge in [-0.1, -0.05) is 6.07 Å². The summed E-state index contributed by atoms with van der Waals surface area (Å²) in [7, 11) is 0. The molecule has 3 rings (SSSR count). The van der Waals surface area contributed by atoms with Gasteiger partial charge in [0, 0.05) is 34.9 Å². The number of nitrogens with one attached hydrogen (secondary N) is 1. The van der Waals surface area contributed by atoms with Crippen molar-refractivity contribution in [3.63, 3.8) is 0 Å². The fourth-order valence-corrected chi connectivity index (χ4v) is 3.19. The zero-order chi connectivity index (χ0) is 16.9. The third-order valence-electron chi connectivity index (χ3n) is 4.19. The number of carbonyl (C=O) groups is 1. The predicted molar refractivity (Wildman–Crippen MR) is 100 cm³/mol. The van der Waals surface area contributed by atoms with Crippen LogP contribution >= 0.6 is 11.8 Å². The van der Waals surface area contributed by atoms with Crippen LogP contribution in [0.1, 0.15) is 15.9 Å². The summed E-state index contributed by atoms with van der Waals surface area (Å²) in [5.41, 5.74) is 3.68. The van der Waals surface area contributed by atoms with Gasteiger partial charge in [0.05, 0.1) is 13.2 Å². The highest BCUT2D eigenvalue weighted by atomic mass is 32.2. The van der Waals surface area contributed by atoms with Gasteiger partial charge in [-0.15, -0.1) is 11.8 Å². The van der Waals surface area contributed by atoms with Crippen molar-refractivity contribution >= 4 is 29.0 Å². The number of anilines is 2. The fourth-order valence-electron chi connectivity index (χ4n) is 2.75. The van der Waals surface area contributed by atoms with Crippen LogP contribution in [-0.2, 0) is 4.74 Å². The van der Waals surface area contributed by atoms with Crippen LogP contribution in [0.15, 0.2) is 47.4 Å². The van der Waals surface area contributed by atoms with Gasteiger partial charge in [-0.2, -0.15) is 0 Å². The minimum atomic E-state index is -0.0671. The van der Waals surface area contributed by atoms with Crippen molar-refractivity contribution in [2.24, 2.45) is 0 Å². The Labute approximate surface area is 147 Å². The van der Waals surface area contributed by atoms with Gasteiger partial charge in [0.25, 0.3) is 5.91 Å². The number of aryl methyl sites for hydroxylation is 1. The topological polar surface area (TPSA) is 41.6 Å². The van der Waals surface area contributed by atoms with Crippen LogP contribution in [0.3, 0.4) is 0 Å². The Morgan fingerprint density at radius 2 is 1.83 bits per heavy atom. The second-order valence-corrected chi connectivity index (χ2v) is 6.66. The maximum Gasteiger partial charge on any atom is 0.255 e. The van der Waals surface area contributed by atoms with E-state index in [9.17, 15) is 4.79 Å². The Hall–Kier alpha value is -1.98. The molecule has 4 nitrogen and oxygen atoms in total. The molecule has 0 atom stereocenters. The van der Waals surface area contributed by atoms with E-state index in [0.29, 0.717) is 0 Å². The summed E-state index contributed by atoms with van der Waals surface area (Å²) in [6.07, 6.45) is 2.01. The number of hydrogen-bond acceptors (Lipinski definition) is 4. The lowest BCUT2D eigenvalue weighted by atomic mass is 10.1. The van der Waals surface area contributed by atoms with E-state index in [1.54, 1.807) is 11.8 Å². The largest absolute Gasteiger partial charge is 0.378 e. The number of morpholine rings is 1. The van der Waals surface area contributed by atoms with Crippen LogP contribution in [0, 0.1) is 6.92 Å². The molecule has 5 heteroatoms. The van der Waals surface area contributed by atoms with Crippen LogP contribution in [0.5, 0.6) is 0 Å². The second-order valence-electron chi connectivity index (χ2n) is 5.78. The SMILES string of the molecule is CSc1ccc(C)c(C(=O)Nc2ccc(N3CCOCC3)cc2)c1. The second kappa shape index (κ2) is 7.73. The molecule has 1 fully saturated rings. The molecule has 1 aliphatic heterocycles. The highest BCUT2D eigenvalue weighted by Gasteiger charge is 2.13. The summed E-state index contributed by atoms with van der Waals surface area (Å²) >= 11 is 1.64. The Morgan fingerprint density at radius 3 is 2.50 bits per heavy atom. The van der Waals surface area contributed by atoms with Gasteiger partial charge in [0.2, 0.25) is 0 Å². The highest BCUT2D eigenvalue weighted by Crippen LogP contribution is 2.22. The van der Waals surface area contributed by atoms with Crippen LogP contribution in [0.4, 0.5) is 11.4 Å². The average Bonchev–Trinajstić information content (AvgIpc) is 2.63. The molecule has 1 amide bonds. The first kappa shape index (κ1) is 16.9. The summed E-state index contributed by atoms with van der Waals surface area (Å²) < 4.78 is 5.38. The summed E-state index contributed by atoms with van der Waals surface area (Å²) in [5.74, 6) is -0.0671. The third kappa shape index (κ3) is 3.91. The van der Waals surface area contributed by atoms with Crippen molar-refractivity contribution in [2.45, 2.75) is 11.8 Å². The van der Waals surface area contributed by atoms with Crippen LogP contribution in [-0.4, -0.2) is 38.5 Å². The minimum absolute atomic E-state index is 0.0671. The van der Waals surface area contributed by atoms with Gasteiger partial charge < -0.3 is 15.0 Å². The van der Waals surface area contributed by atoms with Crippen LogP contribution in [0.25, 0.3) is 0 Å². The summed E-state index contributed by atoms with van der Waals surface area (Å²) in [4.78, 5) is 15.9. The van der Waals surface area contributed by atoms with Crippen molar-refractivity contribution in [2.75, 3.05) is 42.8 Å². The monoisotopic (exact) mass is 342 g/mol. The molecule has 0 bridgehead atoms. The van der Waals surface area contributed by atoms with Crippen molar-refractivity contribution in [3.05, 3.63) is 53.6 Å². The first-order chi connectivity index (χ1) is 11.7. The third-order valence-corrected chi connectivity index (χ3v) is 4.92. The van der Waals surface area contributed by atoms with E-state index >= 15 is 0 Å². The molecular formula is C19H22N2O2S. The molecule has 126 valence electrons. The molecule has 0 saturated carbocycles. The molecule has 0 radical (unpaired) electrons. The molecule has 1 saturated heterocycles. The maximum absolute atomic E-state index is 12.5. The van der Waals surface area contributed by atoms with Gasteiger partial charge in [-0.25, -0.2) is 0 Å². The minimum Gasteiger partial charge on any atom is -0.378 e. The Balaban J connectivity index is 1.70. The molecule has 24 heavy (non-hydrogen) atoms. The van der Waals surface area contributed by atoms with E-state index < -0.39 is 0 Å². The predicted octanol–water partition coefficient (Wildman–Crippen LogP) is 3.81. The van der Waals surface area contributed by atoms with E-state index in [4.69, 9.17) is 4.74 Å². The summed E-state index contributed by atoms with van der Waals surface area (Å²) in [5, 5.41) is 2.99. The average molecular weight is 342 g/mol. The standard InChI is InChI=1S/C19H22N2O2S/c1-14-3-8-17(24-2)13-18(14)19(22)20-15-4-6-16(7-5-15)21-9-11-23-12-10-21/h3-8,13H,9-12H2,1-2H3,(H,20,22). The molecular weight excluding hydrogens is 320 g/mol. The fraction of sp³-hybridized carbons (Fsp3) is 0.316. The van der Waals surface area contributed by atoms with Crippen molar-refractivity contribution in [1.82, 2.24) is 0 Å². The maximum atomic E-state index is 12.5. The van der Waals surface area contributed by atoms with Gasteiger partial charge in [0.1, 0.15) is 0 Å². The molecule has 1 aliphatic rings. The number of rotatable bonds is 4. The van der Waals surface area contributed by atoms with Gasteiger partial charge in [-0.3, -0.25) is 4.79 Å². The Morgan fingerprint density at radius 1 is 1.12 bits per heavy atom. The summed E-state index contributed by atoms with van der Waals surface area (Å²) in [6, 6.07) is 14.0. The number of ether oxygens (including phenoxy) is 1. The van der Waals surface area contributed by atoms with Gasteiger partial charge in [0.15, 0.2) is 0 Å². The Bertz CT molecular complexity index is 710. The summed E-state index contributed by atoms with van der Waals surface area (Å²) in [6.45, 7) is 5.31.